The highest BCUT2D eigenvalue weighted by Gasteiger charge is 2.19. The molecule has 0 saturated carbocycles. The molecule has 3 nitrogen and oxygen atoms in total. The van der Waals surface area contributed by atoms with E-state index in [1.807, 2.05) is 24.3 Å². The first-order valence-electron chi connectivity index (χ1n) is 6.34. The molecule has 1 saturated heterocycles. The highest BCUT2D eigenvalue weighted by Crippen LogP contribution is 2.21. The molecule has 0 amide bonds. The number of benzene rings is 1. The molecule has 1 fully saturated rings. The van der Waals surface area contributed by atoms with Crippen LogP contribution in [0.5, 0.6) is 0 Å². The van der Waals surface area contributed by atoms with E-state index in [0.29, 0.717) is 6.10 Å². The van der Waals surface area contributed by atoms with Crippen molar-refractivity contribution < 1.29 is 9.53 Å². The fourth-order valence-electron chi connectivity index (χ4n) is 2.04. The van der Waals surface area contributed by atoms with E-state index in [2.05, 4.69) is 11.8 Å². The van der Waals surface area contributed by atoms with Crippen molar-refractivity contribution in [1.29, 1.82) is 0 Å². The lowest BCUT2D eigenvalue weighted by atomic mass is 10.2. The molecule has 98 valence electrons. The first-order chi connectivity index (χ1) is 8.81. The van der Waals surface area contributed by atoms with Crippen molar-refractivity contribution in [3.63, 3.8) is 0 Å². The topological polar surface area (TPSA) is 29.5 Å². The summed E-state index contributed by atoms with van der Waals surface area (Å²) in [4.78, 5) is 14.3. The number of hydrogen-bond donors (Lipinski definition) is 0. The highest BCUT2D eigenvalue weighted by atomic mass is 32.2. The second kappa shape index (κ2) is 6.92. The Morgan fingerprint density at radius 1 is 1.56 bits per heavy atom. The van der Waals surface area contributed by atoms with Crippen molar-refractivity contribution >= 4 is 18.0 Å². The van der Waals surface area contributed by atoms with Gasteiger partial charge in [-0.1, -0.05) is 19.1 Å². The molecule has 18 heavy (non-hydrogen) atoms. The summed E-state index contributed by atoms with van der Waals surface area (Å²) in [5, 5.41) is 0. The first kappa shape index (κ1) is 13.6. The maximum Gasteiger partial charge on any atom is 0.150 e. The standard InChI is InChI=1S/C14H19NO2S/c1-2-15-6-7-17-13(9-15)11-18-14-5-3-4-12(8-14)10-16/h3-5,8,10,13H,2,6-7,9,11H2,1H3. The number of carbonyl (C=O) groups is 1. The summed E-state index contributed by atoms with van der Waals surface area (Å²) in [6, 6.07) is 7.72. The smallest absolute Gasteiger partial charge is 0.150 e. The fraction of sp³-hybridized carbons (Fsp3) is 0.500. The number of carbonyl (C=O) groups excluding carboxylic acids is 1. The third kappa shape index (κ3) is 3.83. The number of likely N-dealkylation sites (N-methyl/N-ethyl adjacent to an activating group) is 1. The van der Waals surface area contributed by atoms with E-state index >= 15 is 0 Å². The third-order valence-electron chi connectivity index (χ3n) is 3.10. The lowest BCUT2D eigenvalue weighted by Crippen LogP contribution is -2.43. The van der Waals surface area contributed by atoms with Crippen LogP contribution in [0, 0.1) is 0 Å². The number of aldehydes is 1. The Balaban J connectivity index is 1.84. The quantitative estimate of drug-likeness (QED) is 0.603. The molecule has 0 N–H and O–H groups in total. The number of rotatable bonds is 5. The van der Waals surface area contributed by atoms with Crippen molar-refractivity contribution in [3.8, 4) is 0 Å². The normalized spacial score (nSPS) is 20.8. The average Bonchev–Trinajstić information content (AvgIpc) is 2.45. The zero-order valence-corrected chi connectivity index (χ0v) is 11.5. The molecule has 0 bridgehead atoms. The van der Waals surface area contributed by atoms with Crippen molar-refractivity contribution in [3.05, 3.63) is 29.8 Å². The molecule has 1 aromatic rings. The van der Waals surface area contributed by atoms with Crippen LogP contribution in [0.3, 0.4) is 0 Å². The number of ether oxygens (including phenoxy) is 1. The highest BCUT2D eigenvalue weighted by molar-refractivity contribution is 7.99. The summed E-state index contributed by atoms with van der Waals surface area (Å²) in [7, 11) is 0. The van der Waals surface area contributed by atoms with E-state index in [0.717, 1.165) is 48.7 Å². The van der Waals surface area contributed by atoms with Crippen molar-refractivity contribution in [2.24, 2.45) is 0 Å². The lowest BCUT2D eigenvalue weighted by molar-refractivity contribution is -0.0137. The van der Waals surface area contributed by atoms with Gasteiger partial charge in [0.1, 0.15) is 6.29 Å². The summed E-state index contributed by atoms with van der Waals surface area (Å²) >= 11 is 1.76. The van der Waals surface area contributed by atoms with Gasteiger partial charge < -0.3 is 4.74 Å². The van der Waals surface area contributed by atoms with E-state index in [9.17, 15) is 4.79 Å². The van der Waals surface area contributed by atoms with Gasteiger partial charge >= 0.3 is 0 Å². The lowest BCUT2D eigenvalue weighted by Gasteiger charge is -2.31. The van der Waals surface area contributed by atoms with Crippen LogP contribution in [-0.2, 0) is 4.74 Å². The first-order valence-corrected chi connectivity index (χ1v) is 7.32. The largest absolute Gasteiger partial charge is 0.375 e. The second-order valence-corrected chi connectivity index (χ2v) is 5.48. The fourth-order valence-corrected chi connectivity index (χ4v) is 3.01. The van der Waals surface area contributed by atoms with Crippen LogP contribution in [-0.4, -0.2) is 49.3 Å². The molecule has 1 aliphatic heterocycles. The minimum atomic E-state index is 0.295. The van der Waals surface area contributed by atoms with Crippen LogP contribution >= 0.6 is 11.8 Å². The zero-order valence-electron chi connectivity index (χ0n) is 10.7. The van der Waals surface area contributed by atoms with Gasteiger partial charge in [0.05, 0.1) is 12.7 Å². The summed E-state index contributed by atoms with van der Waals surface area (Å²) in [6.07, 6.45) is 1.18. The van der Waals surface area contributed by atoms with Gasteiger partial charge in [-0.2, -0.15) is 0 Å². The van der Waals surface area contributed by atoms with Crippen molar-refractivity contribution in [2.75, 3.05) is 32.0 Å². The molecule has 4 heteroatoms. The predicted molar refractivity (Wildman–Crippen MR) is 74.4 cm³/mol. The molecular weight excluding hydrogens is 246 g/mol. The molecule has 1 unspecified atom stereocenters. The van der Waals surface area contributed by atoms with E-state index in [4.69, 9.17) is 4.74 Å². The van der Waals surface area contributed by atoms with Crippen LogP contribution in [0.1, 0.15) is 17.3 Å². The van der Waals surface area contributed by atoms with Gasteiger partial charge in [-0.3, -0.25) is 9.69 Å². The van der Waals surface area contributed by atoms with E-state index in [1.165, 1.54) is 0 Å². The Kier molecular flexibility index (Phi) is 5.23. The number of thioether (sulfide) groups is 1. The number of hydrogen-bond acceptors (Lipinski definition) is 4. The maximum atomic E-state index is 10.7. The van der Waals surface area contributed by atoms with Gasteiger partial charge in [-0.15, -0.1) is 11.8 Å². The predicted octanol–water partition coefficient (Wildman–Crippen LogP) is 2.31. The Bertz CT molecular complexity index is 397. The average molecular weight is 265 g/mol. The van der Waals surface area contributed by atoms with Crippen LogP contribution in [0.15, 0.2) is 29.2 Å². The molecule has 1 aromatic carbocycles. The SMILES string of the molecule is CCN1CCOC(CSc2cccc(C=O)c2)C1. The van der Waals surface area contributed by atoms with Crippen LogP contribution in [0.4, 0.5) is 0 Å². The molecule has 0 radical (unpaired) electrons. The van der Waals surface area contributed by atoms with Gasteiger partial charge in [-0.25, -0.2) is 0 Å². The Labute approximate surface area is 113 Å². The van der Waals surface area contributed by atoms with Gasteiger partial charge in [0.15, 0.2) is 0 Å². The summed E-state index contributed by atoms with van der Waals surface area (Å²) in [5.74, 6) is 0.943. The Hall–Kier alpha value is -0.840. The summed E-state index contributed by atoms with van der Waals surface area (Å²) < 4.78 is 5.76. The minimum Gasteiger partial charge on any atom is -0.375 e. The molecular formula is C14H19NO2S. The van der Waals surface area contributed by atoms with E-state index in [1.54, 1.807) is 11.8 Å². The van der Waals surface area contributed by atoms with Crippen molar-refractivity contribution in [1.82, 2.24) is 4.90 Å². The number of nitrogens with zero attached hydrogens (tertiary/aromatic N) is 1. The molecule has 0 spiro atoms. The Morgan fingerprint density at radius 2 is 2.44 bits per heavy atom. The maximum absolute atomic E-state index is 10.7. The molecule has 0 aliphatic carbocycles. The van der Waals surface area contributed by atoms with Gasteiger partial charge in [0, 0.05) is 29.3 Å². The summed E-state index contributed by atoms with van der Waals surface area (Å²) in [5.41, 5.74) is 0.736. The number of morpholine rings is 1. The minimum absolute atomic E-state index is 0.295. The van der Waals surface area contributed by atoms with Crippen molar-refractivity contribution in [2.45, 2.75) is 17.9 Å². The molecule has 1 atom stereocenters. The molecule has 0 aromatic heterocycles. The monoisotopic (exact) mass is 265 g/mol. The zero-order chi connectivity index (χ0) is 12.8. The molecule has 2 rings (SSSR count). The van der Waals surface area contributed by atoms with Gasteiger partial charge in [0.25, 0.3) is 0 Å². The van der Waals surface area contributed by atoms with Gasteiger partial charge in [0.2, 0.25) is 0 Å². The van der Waals surface area contributed by atoms with Gasteiger partial charge in [-0.05, 0) is 18.7 Å². The Morgan fingerprint density at radius 3 is 3.22 bits per heavy atom. The van der Waals surface area contributed by atoms with Crippen LogP contribution < -0.4 is 0 Å². The van der Waals surface area contributed by atoms with E-state index < -0.39 is 0 Å². The van der Waals surface area contributed by atoms with Crippen LogP contribution in [0.25, 0.3) is 0 Å². The molecule has 1 heterocycles. The van der Waals surface area contributed by atoms with Crippen LogP contribution in [0.2, 0.25) is 0 Å². The van der Waals surface area contributed by atoms with E-state index in [-0.39, 0.29) is 0 Å². The second-order valence-electron chi connectivity index (χ2n) is 4.39. The molecule has 1 aliphatic rings. The third-order valence-corrected chi connectivity index (χ3v) is 4.23. The summed E-state index contributed by atoms with van der Waals surface area (Å²) in [6.45, 7) is 6.15.